The molecule has 0 spiro atoms. The van der Waals surface area contributed by atoms with Crippen LogP contribution >= 0.6 is 0 Å². The van der Waals surface area contributed by atoms with Crippen molar-refractivity contribution >= 4 is 0 Å². The van der Waals surface area contributed by atoms with Crippen LogP contribution in [0.25, 0.3) is 0 Å². The van der Waals surface area contributed by atoms with E-state index in [0.717, 1.165) is 0 Å². The summed E-state index contributed by atoms with van der Waals surface area (Å²) in [6.45, 7) is 0. The van der Waals surface area contributed by atoms with Gasteiger partial charge >= 0.3 is 50.6 Å². The summed E-state index contributed by atoms with van der Waals surface area (Å²) in [5, 5.41) is 0. The van der Waals surface area contributed by atoms with Gasteiger partial charge in [0.2, 0.25) is 0 Å². The maximum absolute atomic E-state index is 8.68. The molecule has 0 aromatic heterocycles. The molecule has 0 saturated carbocycles. The Bertz CT molecular complexity index is 48.4. The Morgan fingerprint density at radius 2 is 1.00 bits per heavy atom. The van der Waals surface area contributed by atoms with Gasteiger partial charge in [0.05, 0.1) is 0 Å². The van der Waals surface area contributed by atoms with E-state index >= 15 is 0 Å². The van der Waals surface area contributed by atoms with Crippen molar-refractivity contribution in [2.24, 2.45) is 0 Å². The SMILES string of the molecule is [Na+].[O-][I+2]([O-])O.[O-][I+3]([O-])([O-])[O-]. The second kappa shape index (κ2) is 9.27. The van der Waals surface area contributed by atoms with Crippen LogP contribution in [-0.4, -0.2) is 3.44 Å². The standard InChI is InChI=1S/IO4.HIO3.Na/c2-1(3,4)5;2-1(3)4;/h;2H;/q-1;;+1. The molecule has 0 heterocycles. The number of hydrogen-bond acceptors (Lipinski definition) is 7. The fraction of sp³-hybridized carbons (Fsp3) is 0. The number of rotatable bonds is 0. The van der Waals surface area contributed by atoms with E-state index < -0.39 is 41.2 Å². The molecule has 0 radical (unpaired) electrons. The van der Waals surface area contributed by atoms with Gasteiger partial charge < -0.3 is 6.87 Å². The summed E-state index contributed by atoms with van der Waals surface area (Å²) in [5.74, 6) is 0. The molecule has 0 aliphatic heterocycles. The maximum atomic E-state index is 8.68. The first-order chi connectivity index (χ1) is 3.73. The normalized spacial score (nSPS) is 9.60. The minimum atomic E-state index is -5.94. The molecule has 0 aliphatic carbocycles. The van der Waals surface area contributed by atoms with Crippen molar-refractivity contribution in [1.82, 2.24) is 0 Å². The van der Waals surface area contributed by atoms with E-state index in [2.05, 4.69) is 0 Å². The molecule has 58 valence electrons. The van der Waals surface area contributed by atoms with E-state index in [1.165, 1.54) is 0 Å². The van der Waals surface area contributed by atoms with Crippen molar-refractivity contribution < 1.29 is 94.8 Å². The summed E-state index contributed by atoms with van der Waals surface area (Å²) in [4.78, 5) is 0. The van der Waals surface area contributed by atoms with Crippen molar-refractivity contribution in [2.75, 3.05) is 0 Å². The third-order valence-corrected chi connectivity index (χ3v) is 0. The van der Waals surface area contributed by atoms with E-state index in [9.17, 15) is 0 Å². The van der Waals surface area contributed by atoms with Crippen molar-refractivity contribution in [1.29, 1.82) is 0 Å². The fourth-order valence-corrected chi connectivity index (χ4v) is 0. The number of halogens is 2. The van der Waals surface area contributed by atoms with Gasteiger partial charge in [-0.25, -0.2) is 0 Å². The van der Waals surface area contributed by atoms with Crippen LogP contribution in [0, 0.1) is 0 Å². The molecule has 0 fully saturated rings. The van der Waals surface area contributed by atoms with Crippen molar-refractivity contribution in [3.05, 3.63) is 0 Å². The van der Waals surface area contributed by atoms with E-state index in [4.69, 9.17) is 24.1 Å². The van der Waals surface area contributed by atoms with Gasteiger partial charge in [0.15, 0.2) is 0 Å². The van der Waals surface area contributed by atoms with Crippen molar-refractivity contribution in [2.45, 2.75) is 0 Å². The van der Waals surface area contributed by atoms with E-state index in [1.54, 1.807) is 0 Å². The zero-order chi connectivity index (χ0) is 8.08. The molecule has 0 aromatic rings. The largest absolute Gasteiger partial charge is 1.00 e. The Morgan fingerprint density at radius 1 is 1.00 bits per heavy atom. The summed E-state index contributed by atoms with van der Waals surface area (Å²) in [7, 11) is 0. The van der Waals surface area contributed by atoms with E-state index in [-0.39, 0.29) is 29.6 Å². The Labute approximate surface area is 93.4 Å². The van der Waals surface area contributed by atoms with Crippen LogP contribution in [0.2, 0.25) is 0 Å². The van der Waals surface area contributed by atoms with Crippen LogP contribution in [0.1, 0.15) is 0 Å². The average Bonchev–Trinajstić information content (AvgIpc) is 1.19. The molecule has 0 saturated heterocycles. The van der Waals surface area contributed by atoms with E-state index in [1.807, 2.05) is 0 Å². The summed E-state index contributed by atoms with van der Waals surface area (Å²) < 4.78 is 58.9. The zero-order valence-corrected chi connectivity index (χ0v) is 11.0. The fourth-order valence-electron chi connectivity index (χ4n) is 0. The van der Waals surface area contributed by atoms with Gasteiger partial charge in [-0.1, -0.05) is 0 Å². The Morgan fingerprint density at radius 3 is 1.00 bits per heavy atom. The molecule has 0 amide bonds. The first kappa shape index (κ1) is 18.1. The van der Waals surface area contributed by atoms with Crippen LogP contribution in [0.5, 0.6) is 0 Å². The van der Waals surface area contributed by atoms with Gasteiger partial charge in [0, 0.05) is 0 Å². The van der Waals surface area contributed by atoms with Crippen molar-refractivity contribution in [3.8, 4) is 0 Å². The second-order valence-electron chi connectivity index (χ2n) is 0.579. The second-order valence-corrected chi connectivity index (χ2v) is 3.88. The molecule has 0 rings (SSSR count). The first-order valence-corrected chi connectivity index (χ1v) is 7.34. The van der Waals surface area contributed by atoms with Crippen LogP contribution in [-0.2, 0) is 0 Å². The predicted molar refractivity (Wildman–Crippen MR) is 2.22 cm³/mol. The molecule has 0 unspecified atom stereocenters. The summed E-state index contributed by atoms with van der Waals surface area (Å²) in [6.07, 6.45) is 0. The third-order valence-electron chi connectivity index (χ3n) is 0. The van der Waals surface area contributed by atoms with Gasteiger partial charge in [-0.15, -0.1) is 0 Å². The van der Waals surface area contributed by atoms with Crippen LogP contribution in [0.4, 0.5) is 0 Å². The molecule has 0 aromatic carbocycles. The topological polar surface area (TPSA) is 159 Å². The molecule has 1 N–H and O–H groups in total. The summed E-state index contributed by atoms with van der Waals surface area (Å²) >= 11 is -9.70. The van der Waals surface area contributed by atoms with Crippen LogP contribution in [0.15, 0.2) is 0 Å². The van der Waals surface area contributed by atoms with E-state index in [0.29, 0.717) is 0 Å². The molecule has 10 heavy (non-hydrogen) atoms. The van der Waals surface area contributed by atoms with Gasteiger partial charge in [-0.3, -0.25) is 13.7 Å². The minimum Gasteiger partial charge on any atom is -0.396 e. The first-order valence-electron chi connectivity index (χ1n) is 1.09. The van der Waals surface area contributed by atoms with Gasteiger partial charge in [-0.2, -0.15) is 0 Å². The van der Waals surface area contributed by atoms with Gasteiger partial charge in [-0.05, 0) is 3.44 Å². The summed E-state index contributed by atoms with van der Waals surface area (Å²) in [5.41, 5.74) is 0. The molecular formula is HI2NaO7. The Hall–Kier alpha value is 2.18. The van der Waals surface area contributed by atoms with Crippen LogP contribution < -0.4 is 91.3 Å². The van der Waals surface area contributed by atoms with Gasteiger partial charge in [0.1, 0.15) is 20.1 Å². The molecule has 0 aliphatic rings. The molecule has 7 nitrogen and oxygen atoms in total. The number of hydrogen-bond donors (Lipinski definition) is 1. The maximum Gasteiger partial charge on any atom is 1.00 e. The van der Waals surface area contributed by atoms with Gasteiger partial charge in [0.25, 0.3) is 0 Å². The Kier molecular flexibility index (Phi) is 16.7. The molecule has 0 bridgehead atoms. The zero-order valence-electron chi connectivity index (χ0n) is 4.65. The van der Waals surface area contributed by atoms with Crippen LogP contribution in [0.3, 0.4) is 0 Å². The predicted octanol–water partition coefficient (Wildman–Crippen LogP) is -16.7. The molecule has 10 heteroatoms. The monoisotopic (exact) mass is 390 g/mol. The summed E-state index contributed by atoms with van der Waals surface area (Å²) in [6, 6.07) is 0. The minimum absolute atomic E-state index is 0. The smallest absolute Gasteiger partial charge is 0.396 e. The quantitative estimate of drug-likeness (QED) is 0.318. The molecule has 0 atom stereocenters. The average molecular weight is 390 g/mol. The molecular weight excluding hydrogens is 389 g/mol. The Balaban J connectivity index is -0.0000000910. The third kappa shape index (κ3) is 181. The van der Waals surface area contributed by atoms with Crippen molar-refractivity contribution in [3.63, 3.8) is 0 Å².